The molecule has 0 heterocycles. The van der Waals surface area contributed by atoms with Gasteiger partial charge in [0.05, 0.1) is 32.9 Å². The van der Waals surface area contributed by atoms with E-state index < -0.39 is 107 Å². The van der Waals surface area contributed by atoms with Crippen LogP contribution in [0.2, 0.25) is 0 Å². The van der Waals surface area contributed by atoms with Crippen LogP contribution in [0.5, 0.6) is 11.5 Å². The molecule has 7 N–H and O–H groups in total. The summed E-state index contributed by atoms with van der Waals surface area (Å²) in [7, 11) is -15.5. The molecule has 0 bridgehead atoms. The number of hydrogen-bond donors (Lipinski definition) is 7. The van der Waals surface area contributed by atoms with Crippen molar-refractivity contribution in [3.8, 4) is 11.5 Å². The highest BCUT2D eigenvalue weighted by Crippen LogP contribution is 2.51. The van der Waals surface area contributed by atoms with Gasteiger partial charge in [0.15, 0.2) is 16.4 Å². The number of amides is 1. The predicted octanol–water partition coefficient (Wildman–Crippen LogP) is 5.12. The lowest BCUT2D eigenvalue weighted by atomic mass is 10.1. The van der Waals surface area contributed by atoms with Gasteiger partial charge in [-0.1, -0.05) is 5.04 Å². The van der Waals surface area contributed by atoms with E-state index in [9.17, 15) is 64.0 Å². The summed E-state index contributed by atoms with van der Waals surface area (Å²) in [6, 6.07) is 6.52. The van der Waals surface area contributed by atoms with Gasteiger partial charge in [0.2, 0.25) is 5.91 Å². The van der Waals surface area contributed by atoms with Crippen molar-refractivity contribution in [1.29, 1.82) is 0 Å². The van der Waals surface area contributed by atoms with Crippen LogP contribution in [0.1, 0.15) is 6.92 Å². The minimum atomic E-state index is -5.30. The van der Waals surface area contributed by atoms with Gasteiger partial charge in [-0.3, -0.25) is 28.6 Å². The Morgan fingerprint density at radius 1 is 0.804 bits per heavy atom. The molecular formula is C24H18N6O17S4. The number of phenols is 2. The second-order valence-electron chi connectivity index (χ2n) is 9.57. The number of fused-ring (bicyclic) bond motifs is 1. The maximum Gasteiger partial charge on any atom is 0.301 e. The lowest BCUT2D eigenvalue weighted by Gasteiger charge is -2.13. The molecule has 0 saturated carbocycles. The van der Waals surface area contributed by atoms with Gasteiger partial charge in [-0.15, -0.1) is 19.7 Å². The van der Waals surface area contributed by atoms with E-state index >= 15 is 0 Å². The Bertz CT molecular complexity index is 2510. The van der Waals surface area contributed by atoms with E-state index in [-0.39, 0.29) is 22.6 Å². The fourth-order valence-corrected chi connectivity index (χ4v) is 6.66. The summed E-state index contributed by atoms with van der Waals surface area (Å²) in [5.74, 6) is -2.89. The third kappa shape index (κ3) is 8.75. The molecule has 4 rings (SSSR count). The van der Waals surface area contributed by atoms with E-state index in [1.54, 1.807) is 0 Å². The van der Waals surface area contributed by atoms with E-state index in [1.165, 1.54) is 6.07 Å². The first-order chi connectivity index (χ1) is 23.6. The van der Waals surface area contributed by atoms with Crippen molar-refractivity contribution in [3.05, 3.63) is 58.6 Å². The molecule has 0 spiro atoms. The van der Waals surface area contributed by atoms with E-state index in [0.29, 0.717) is 18.2 Å². The van der Waals surface area contributed by atoms with Crippen molar-refractivity contribution in [3.63, 3.8) is 0 Å². The molecule has 4 aromatic rings. The third-order valence-corrected chi connectivity index (χ3v) is 9.43. The predicted molar refractivity (Wildman–Crippen MR) is 170 cm³/mol. The minimum absolute atomic E-state index is 0.0726. The molecule has 0 aromatic heterocycles. The number of phenolic OH excluding ortho intramolecular Hbond substituents is 2. The van der Waals surface area contributed by atoms with Crippen LogP contribution in [-0.4, -0.2) is 65.2 Å². The number of nitrogens with one attached hydrogen (secondary N) is 1. The molecule has 23 nitrogen and oxygen atoms in total. The highest BCUT2D eigenvalue weighted by molar-refractivity contribution is 7.94. The molecular weight excluding hydrogens is 773 g/mol. The Hall–Kier alpha value is -5.23. The maximum absolute atomic E-state index is 12.3. The Morgan fingerprint density at radius 3 is 1.98 bits per heavy atom. The van der Waals surface area contributed by atoms with Crippen LogP contribution >= 0.6 is 12.0 Å². The van der Waals surface area contributed by atoms with Crippen LogP contribution < -0.4 is 5.32 Å². The smallest absolute Gasteiger partial charge is 0.301 e. The van der Waals surface area contributed by atoms with Gasteiger partial charge in [-0.2, -0.15) is 30.4 Å². The topological polar surface area (TPSA) is 364 Å². The van der Waals surface area contributed by atoms with Crippen molar-refractivity contribution in [2.45, 2.75) is 26.5 Å². The van der Waals surface area contributed by atoms with Gasteiger partial charge in [0.25, 0.3) is 25.9 Å². The average Bonchev–Trinajstić information content (AvgIpc) is 3.01. The third-order valence-electron chi connectivity index (χ3n) is 6.18. The fraction of sp³-hybridized carbons (Fsp3) is 0.0417. The SMILES string of the molecule is CC(=O)Nc1ccc(N=Nc2c(SOOO)cc3cc(S(=O)(=O)O)c(N=Nc4ccc([N+](=O)[O-])c(S(=O)(=O)O)c4)c(O)c3c2O)c(S(=O)(=O)O)c1. The molecule has 0 aliphatic rings. The fourth-order valence-electron chi connectivity index (χ4n) is 4.18. The lowest BCUT2D eigenvalue weighted by Crippen LogP contribution is -2.07. The standard InChI is InChI=1S/C24H18N6O17S4/c1-10(31)25-12-2-4-14(17(8-12)49(37,38)39)27-28-21-16(48-47-46-36)6-11-7-19(51(43,44)45)22(24(33)20(11)23(21)32)29-26-13-3-5-15(30(34)35)18(9-13)50(40,41)42/h2-9,32-33,36H,1H3,(H,25,31)(H,37,38,39)(H,40,41,42)(H,43,44,45). The summed E-state index contributed by atoms with van der Waals surface area (Å²) in [6.45, 7) is 1.12. The zero-order valence-electron chi connectivity index (χ0n) is 24.7. The maximum atomic E-state index is 12.3. The molecule has 0 radical (unpaired) electrons. The summed E-state index contributed by atoms with van der Waals surface area (Å²) in [5.41, 5.74) is -4.03. The Kier molecular flexibility index (Phi) is 11.0. The Morgan fingerprint density at radius 2 is 1.41 bits per heavy atom. The van der Waals surface area contributed by atoms with E-state index in [4.69, 9.17) is 5.26 Å². The number of nitrogens with zero attached hydrogens (tertiary/aromatic N) is 5. The zero-order valence-corrected chi connectivity index (χ0v) is 27.9. The number of nitro benzene ring substituents is 1. The molecule has 0 aliphatic carbocycles. The average molecular weight is 791 g/mol. The van der Waals surface area contributed by atoms with Crippen molar-refractivity contribution in [2.24, 2.45) is 20.5 Å². The Labute approximate surface area is 288 Å². The van der Waals surface area contributed by atoms with E-state index in [1.807, 2.05) is 0 Å². The van der Waals surface area contributed by atoms with Crippen LogP contribution in [0.4, 0.5) is 34.1 Å². The van der Waals surface area contributed by atoms with Crippen molar-refractivity contribution >= 4 is 93.2 Å². The molecule has 0 atom stereocenters. The summed E-state index contributed by atoms with van der Waals surface area (Å²) >= 11 is 0.113. The highest BCUT2D eigenvalue weighted by Gasteiger charge is 2.28. The number of aromatic hydroxyl groups is 2. The summed E-state index contributed by atoms with van der Waals surface area (Å²) in [6.07, 6.45) is 0. The number of rotatable bonds is 12. The summed E-state index contributed by atoms with van der Waals surface area (Å²) in [4.78, 5) is 17.8. The first-order valence-corrected chi connectivity index (χ1v) is 17.9. The number of carbonyl (C=O) groups excluding carboxylic acids is 1. The second kappa shape index (κ2) is 14.6. The molecule has 0 unspecified atom stereocenters. The molecule has 0 fully saturated rings. The number of benzene rings is 4. The van der Waals surface area contributed by atoms with E-state index in [0.717, 1.165) is 31.2 Å². The van der Waals surface area contributed by atoms with Crippen molar-refractivity contribution in [2.75, 3.05) is 5.32 Å². The second-order valence-corrected chi connectivity index (χ2v) is 14.5. The summed E-state index contributed by atoms with van der Waals surface area (Å²) < 4.78 is 106. The molecule has 27 heteroatoms. The normalized spacial score (nSPS) is 12.6. The Balaban J connectivity index is 1.98. The van der Waals surface area contributed by atoms with Crippen molar-refractivity contribution in [1.82, 2.24) is 0 Å². The monoisotopic (exact) mass is 790 g/mol. The minimum Gasteiger partial charge on any atom is -0.505 e. The van der Waals surface area contributed by atoms with Gasteiger partial charge < -0.3 is 15.5 Å². The van der Waals surface area contributed by atoms with Gasteiger partial charge in [0.1, 0.15) is 26.9 Å². The van der Waals surface area contributed by atoms with Crippen molar-refractivity contribution < 1.29 is 73.5 Å². The molecule has 270 valence electrons. The number of nitro groups is 1. The number of azo groups is 2. The number of hydrogen-bond acceptors (Lipinski definition) is 19. The van der Waals surface area contributed by atoms with Gasteiger partial charge >= 0.3 is 10.1 Å². The molecule has 0 saturated heterocycles. The highest BCUT2D eigenvalue weighted by atomic mass is 32.2. The largest absolute Gasteiger partial charge is 0.505 e. The van der Waals surface area contributed by atoms with Crippen LogP contribution in [0.15, 0.2) is 88.6 Å². The van der Waals surface area contributed by atoms with E-state index in [2.05, 4.69) is 35.1 Å². The first-order valence-electron chi connectivity index (χ1n) is 12.8. The van der Waals surface area contributed by atoms with Crippen LogP contribution in [0.3, 0.4) is 0 Å². The van der Waals surface area contributed by atoms with Gasteiger partial charge in [0, 0.05) is 18.7 Å². The zero-order chi connectivity index (χ0) is 38.1. The first kappa shape index (κ1) is 38.6. The summed E-state index contributed by atoms with van der Waals surface area (Å²) in [5, 5.41) is 61.4. The van der Waals surface area contributed by atoms with Gasteiger partial charge in [-0.05, 0) is 47.9 Å². The molecule has 0 aliphatic heterocycles. The lowest BCUT2D eigenvalue weighted by molar-refractivity contribution is -0.432. The number of anilines is 1. The van der Waals surface area contributed by atoms with Crippen LogP contribution in [0.25, 0.3) is 10.8 Å². The number of carbonyl (C=O) groups is 1. The van der Waals surface area contributed by atoms with Crippen LogP contribution in [-0.2, 0) is 44.5 Å². The molecule has 1 amide bonds. The van der Waals surface area contributed by atoms with Crippen LogP contribution in [0, 0.1) is 10.1 Å². The van der Waals surface area contributed by atoms with Gasteiger partial charge in [-0.25, -0.2) is 5.26 Å². The molecule has 51 heavy (non-hydrogen) atoms. The molecule has 4 aromatic carbocycles. The quantitative estimate of drug-likeness (QED) is 0.0244.